The predicted octanol–water partition coefficient (Wildman–Crippen LogP) is 1.76. The first kappa shape index (κ1) is 61.3. The highest BCUT2D eigenvalue weighted by atomic mass is 16.6. The molecule has 1 unspecified atom stereocenters. The molecule has 2 rings (SSSR count). The number of nitrogens with two attached hydrogens (primary N) is 1. The highest BCUT2D eigenvalue weighted by Gasteiger charge is 2.41. The molecule has 1 aliphatic heterocycles. The fourth-order valence-corrected chi connectivity index (χ4v) is 7.73. The van der Waals surface area contributed by atoms with Gasteiger partial charge in [-0.15, -0.1) is 0 Å². The monoisotopic (exact) mass is 987 g/mol. The number of nitrogens with one attached hydrogen (secondary N) is 4. The second kappa shape index (κ2) is 37.0. The third-order valence-electron chi connectivity index (χ3n) is 11.8. The summed E-state index contributed by atoms with van der Waals surface area (Å²) in [6.07, 6.45) is 4.31. The van der Waals surface area contributed by atoms with Crippen LogP contribution in [0.25, 0.3) is 0 Å². The summed E-state index contributed by atoms with van der Waals surface area (Å²) in [5.41, 5.74) is 5.10. The van der Waals surface area contributed by atoms with Crippen molar-refractivity contribution in [3.8, 4) is 0 Å². The second-order valence-electron chi connectivity index (χ2n) is 18.4. The number of amides is 7. The van der Waals surface area contributed by atoms with Gasteiger partial charge in [0.25, 0.3) is 0 Å². The van der Waals surface area contributed by atoms with Gasteiger partial charge < -0.3 is 64.9 Å². The van der Waals surface area contributed by atoms with Crippen LogP contribution < -0.4 is 27.0 Å². The van der Waals surface area contributed by atoms with Crippen LogP contribution in [0.2, 0.25) is 0 Å². The third-order valence-corrected chi connectivity index (χ3v) is 11.8. The van der Waals surface area contributed by atoms with Crippen molar-refractivity contribution in [1.29, 1.82) is 0 Å². The molecule has 69 heavy (non-hydrogen) atoms. The number of urea groups is 1. The fraction of sp³-hybridized carbons (Fsp3) is 0.854. The number of likely N-dealkylation sites (tertiary alicyclic amines) is 1. The lowest BCUT2D eigenvalue weighted by Crippen LogP contribution is -2.54. The number of nitrogens with zero attached hydrogens (tertiary/aromatic N) is 1. The highest BCUT2D eigenvalue weighted by Crippen LogP contribution is 2.33. The van der Waals surface area contributed by atoms with Gasteiger partial charge in [0, 0.05) is 50.2 Å². The molecule has 398 valence electrons. The number of carbonyl (C=O) groups is 7. The van der Waals surface area contributed by atoms with E-state index in [2.05, 4.69) is 21.3 Å². The Bertz CT molecular complexity index is 1500. The van der Waals surface area contributed by atoms with E-state index in [9.17, 15) is 33.6 Å². The number of hydrogen-bond acceptors (Lipinski definition) is 15. The first-order chi connectivity index (χ1) is 33.1. The Balaban J connectivity index is 1.32. The van der Waals surface area contributed by atoms with Gasteiger partial charge in [-0.05, 0) is 56.3 Å². The highest BCUT2D eigenvalue weighted by molar-refractivity contribution is 6.03. The summed E-state index contributed by atoms with van der Waals surface area (Å²) < 4.78 is 44.2. The minimum absolute atomic E-state index is 0.0315. The summed E-state index contributed by atoms with van der Waals surface area (Å²) in [6.45, 7) is 18.5. The molecule has 2 fully saturated rings. The maximum atomic E-state index is 13.1. The Labute approximate surface area is 409 Å². The van der Waals surface area contributed by atoms with Gasteiger partial charge in [0.15, 0.2) is 5.78 Å². The first-order valence-corrected chi connectivity index (χ1v) is 25.0. The van der Waals surface area contributed by atoms with E-state index in [4.69, 9.17) is 43.6 Å². The molecule has 3 atom stereocenters. The Kier molecular flexibility index (Phi) is 32.9. The maximum Gasteiger partial charge on any atom is 0.312 e. The first-order valence-electron chi connectivity index (χ1n) is 25.0. The largest absolute Gasteiger partial charge is 0.379 e. The van der Waals surface area contributed by atoms with E-state index >= 15 is 0 Å². The fourth-order valence-electron chi connectivity index (χ4n) is 7.73. The van der Waals surface area contributed by atoms with E-state index in [1.54, 1.807) is 27.7 Å². The average molecular weight is 987 g/mol. The number of ether oxygens (including phenoxy) is 8. The van der Waals surface area contributed by atoms with E-state index in [-0.39, 0.29) is 91.1 Å². The smallest absolute Gasteiger partial charge is 0.312 e. The van der Waals surface area contributed by atoms with Gasteiger partial charge in [0.1, 0.15) is 6.04 Å². The summed E-state index contributed by atoms with van der Waals surface area (Å²) in [4.78, 5) is 88.5. The number of imide groups is 1. The molecule has 2 aliphatic rings. The Morgan fingerprint density at radius 2 is 1.10 bits per heavy atom. The number of ketones is 1. The van der Waals surface area contributed by atoms with E-state index in [0.29, 0.717) is 125 Å². The number of primary amides is 1. The molecular weight excluding hydrogens is 901 g/mol. The Morgan fingerprint density at radius 3 is 1.54 bits per heavy atom. The maximum absolute atomic E-state index is 13.1. The molecule has 0 bridgehead atoms. The molecule has 1 aliphatic carbocycles. The van der Waals surface area contributed by atoms with Crippen molar-refractivity contribution in [2.45, 2.75) is 105 Å². The van der Waals surface area contributed by atoms with Crippen molar-refractivity contribution < 1.29 is 71.5 Å². The van der Waals surface area contributed by atoms with Crippen LogP contribution in [0.15, 0.2) is 0 Å². The summed E-state index contributed by atoms with van der Waals surface area (Å²) in [5, 5.41) is 11.0. The molecule has 21 heteroatoms. The molecule has 21 nitrogen and oxygen atoms in total. The lowest BCUT2D eigenvalue weighted by molar-refractivity contribution is -0.141. The molecule has 7 amide bonds. The second-order valence-corrected chi connectivity index (χ2v) is 18.4. The van der Waals surface area contributed by atoms with Crippen LogP contribution in [-0.2, 0) is 66.7 Å². The summed E-state index contributed by atoms with van der Waals surface area (Å²) in [7, 11) is 0. The van der Waals surface area contributed by atoms with Crippen molar-refractivity contribution in [2.24, 2.45) is 41.2 Å². The van der Waals surface area contributed by atoms with Crippen molar-refractivity contribution in [1.82, 2.24) is 26.2 Å². The van der Waals surface area contributed by atoms with Crippen molar-refractivity contribution in [3.63, 3.8) is 0 Å². The van der Waals surface area contributed by atoms with Gasteiger partial charge in [0.2, 0.25) is 29.5 Å². The van der Waals surface area contributed by atoms with Crippen LogP contribution >= 0.6 is 0 Å². The van der Waals surface area contributed by atoms with Gasteiger partial charge in [-0.25, -0.2) is 4.79 Å². The Morgan fingerprint density at radius 1 is 0.623 bits per heavy atom. The molecule has 0 aromatic heterocycles. The topological polar surface area (TPSA) is 271 Å². The predicted molar refractivity (Wildman–Crippen MR) is 255 cm³/mol. The van der Waals surface area contributed by atoms with E-state index in [1.165, 1.54) is 4.90 Å². The van der Waals surface area contributed by atoms with Crippen LogP contribution in [0, 0.1) is 35.5 Å². The van der Waals surface area contributed by atoms with Gasteiger partial charge in [-0.2, -0.15) is 0 Å². The quantitative estimate of drug-likeness (QED) is 0.0432. The van der Waals surface area contributed by atoms with Gasteiger partial charge >= 0.3 is 6.03 Å². The number of hydrogen-bond donors (Lipinski definition) is 5. The zero-order valence-electron chi connectivity index (χ0n) is 42.4. The Hall–Kier alpha value is -3.83. The van der Waals surface area contributed by atoms with Crippen LogP contribution in [0.4, 0.5) is 4.79 Å². The van der Waals surface area contributed by atoms with Gasteiger partial charge in [0.05, 0.1) is 112 Å². The lowest BCUT2D eigenvalue weighted by atomic mass is 9.81. The molecule has 0 radical (unpaired) electrons. The van der Waals surface area contributed by atoms with Gasteiger partial charge in [-0.3, -0.25) is 33.7 Å². The van der Waals surface area contributed by atoms with E-state index in [1.807, 2.05) is 13.8 Å². The number of carbonyl (C=O) groups excluding carboxylic acids is 7. The molecule has 0 aromatic rings. The van der Waals surface area contributed by atoms with Crippen molar-refractivity contribution in [2.75, 3.05) is 125 Å². The molecule has 1 heterocycles. The van der Waals surface area contributed by atoms with Crippen LogP contribution in [-0.4, -0.2) is 184 Å². The molecular formula is C48H86N6O15. The van der Waals surface area contributed by atoms with Gasteiger partial charge in [-0.1, -0.05) is 41.5 Å². The third kappa shape index (κ3) is 27.4. The van der Waals surface area contributed by atoms with E-state index < -0.39 is 24.0 Å². The average Bonchev–Trinajstić information content (AvgIpc) is 3.59. The minimum atomic E-state index is -0.837. The van der Waals surface area contributed by atoms with Crippen LogP contribution in [0.3, 0.4) is 0 Å². The van der Waals surface area contributed by atoms with E-state index in [0.717, 1.165) is 25.7 Å². The molecule has 0 spiro atoms. The zero-order chi connectivity index (χ0) is 50.8. The summed E-state index contributed by atoms with van der Waals surface area (Å²) >= 11 is 0. The normalized spacial score (nSPS) is 18.2. The zero-order valence-corrected chi connectivity index (χ0v) is 42.4. The molecule has 1 saturated carbocycles. The van der Waals surface area contributed by atoms with Crippen molar-refractivity contribution in [3.05, 3.63) is 0 Å². The lowest BCUT2D eigenvalue weighted by Gasteiger charge is -2.30. The standard InChI is InChI=1S/C48H86N6O15/c1-34(2)39-32-42(56)54(47(39)60)33-37-9-11-38(12-10-37)45(58)50-15-17-63-19-21-65-23-25-67-27-29-69-31-30-68-28-26-66-24-22-64-20-18-62-16-13-41(55)53-43(35(3)4)46(59)52-40(44(57)36(5)6)8-7-14-51-48(49)61/h34-40,43H,7-33H2,1-6H3,(H,50,58)(H,52,59)(H,53,55)(H3,49,51,61)/t37?,38?,39?,40-,43-/m0/s1. The molecule has 1 saturated heterocycles. The van der Waals surface area contributed by atoms with Crippen LogP contribution in [0.1, 0.15) is 92.9 Å². The number of Topliss-reactive ketones (excluding diaryl/α,β-unsaturated/α-hetero) is 1. The van der Waals surface area contributed by atoms with Crippen LogP contribution in [0.5, 0.6) is 0 Å². The minimum Gasteiger partial charge on any atom is -0.379 e. The summed E-state index contributed by atoms with van der Waals surface area (Å²) in [5.74, 6) is -1.38. The van der Waals surface area contributed by atoms with Crippen molar-refractivity contribution >= 4 is 41.4 Å². The summed E-state index contributed by atoms with van der Waals surface area (Å²) in [6, 6.07) is -2.25. The number of rotatable bonds is 41. The SMILES string of the molecule is CC(C)C(=O)[C@H](CCCNC(N)=O)NC(=O)[C@@H](NC(=O)CCOCCOCCOCCOCCOCCOCCOCCOCCNC(=O)C1CCC(CN2C(=O)CC(C(C)C)C2=O)CC1)C(C)C. The molecule has 6 N–H and O–H groups in total. The molecule has 0 aromatic carbocycles.